The second-order valence-electron chi connectivity index (χ2n) is 4.24. The van der Waals surface area contributed by atoms with E-state index in [4.69, 9.17) is 5.73 Å². The summed E-state index contributed by atoms with van der Waals surface area (Å²) in [6.07, 6.45) is 0. The number of nitrogens with two attached hydrogens (primary N) is 1. The molecule has 0 saturated heterocycles. The van der Waals surface area contributed by atoms with Crippen LogP contribution in [0.15, 0.2) is 23.1 Å². The summed E-state index contributed by atoms with van der Waals surface area (Å²) in [6, 6.07) is 6.33. The van der Waals surface area contributed by atoms with E-state index in [1.165, 1.54) is 16.0 Å². The third-order valence-electron chi connectivity index (χ3n) is 2.47. The van der Waals surface area contributed by atoms with E-state index in [0.717, 1.165) is 0 Å². The van der Waals surface area contributed by atoms with Gasteiger partial charge in [0.1, 0.15) is 0 Å². The number of rotatable bonds is 4. The lowest BCUT2D eigenvalue weighted by Gasteiger charge is -2.20. The Kier molecular flexibility index (Phi) is 4.20. The van der Waals surface area contributed by atoms with Crippen LogP contribution in [0.1, 0.15) is 18.1 Å². The van der Waals surface area contributed by atoms with Crippen molar-refractivity contribution in [3.63, 3.8) is 0 Å². The lowest BCUT2D eigenvalue weighted by molar-refractivity contribution is 0.0949. The van der Waals surface area contributed by atoms with Crippen LogP contribution in [0.3, 0.4) is 0 Å². The van der Waals surface area contributed by atoms with Crippen LogP contribution in [0.4, 0.5) is 0 Å². The molecule has 0 aliphatic rings. The zero-order chi connectivity index (χ0) is 11.5. The Bertz CT molecular complexity index is 336. The highest BCUT2D eigenvalue weighted by molar-refractivity contribution is 7.99. The molecule has 0 spiro atoms. The third-order valence-corrected chi connectivity index (χ3v) is 3.82. The van der Waals surface area contributed by atoms with E-state index in [1.54, 1.807) is 18.7 Å². The standard InChI is InChI=1S/C12H19NOS/c1-9-4-5-11(6-10(9)2)15-8-12(3,14)7-13/h4-6,14H,7-8,13H2,1-3H3. The van der Waals surface area contributed by atoms with Crippen LogP contribution in [0.2, 0.25) is 0 Å². The molecule has 2 nitrogen and oxygen atoms in total. The van der Waals surface area contributed by atoms with Crippen LogP contribution in [-0.4, -0.2) is 23.0 Å². The van der Waals surface area contributed by atoms with Gasteiger partial charge in [0, 0.05) is 17.2 Å². The van der Waals surface area contributed by atoms with E-state index in [1.807, 2.05) is 0 Å². The molecule has 0 saturated carbocycles. The predicted molar refractivity (Wildman–Crippen MR) is 66.3 cm³/mol. The molecule has 1 unspecified atom stereocenters. The van der Waals surface area contributed by atoms with Gasteiger partial charge >= 0.3 is 0 Å². The molecule has 1 rings (SSSR count). The predicted octanol–water partition coefficient (Wildman–Crippen LogP) is 2.11. The molecule has 1 atom stereocenters. The fraction of sp³-hybridized carbons (Fsp3) is 0.500. The molecule has 84 valence electrons. The number of benzene rings is 1. The number of thioether (sulfide) groups is 1. The average Bonchev–Trinajstić information content (AvgIpc) is 2.20. The highest BCUT2D eigenvalue weighted by Gasteiger charge is 2.17. The highest BCUT2D eigenvalue weighted by atomic mass is 32.2. The average molecular weight is 225 g/mol. The maximum atomic E-state index is 9.76. The van der Waals surface area contributed by atoms with Crippen molar-refractivity contribution in [3.8, 4) is 0 Å². The van der Waals surface area contributed by atoms with Gasteiger partial charge in [0.25, 0.3) is 0 Å². The van der Waals surface area contributed by atoms with Gasteiger partial charge in [0.05, 0.1) is 5.60 Å². The first-order valence-corrected chi connectivity index (χ1v) is 6.06. The minimum Gasteiger partial charge on any atom is -0.388 e. The van der Waals surface area contributed by atoms with Crippen LogP contribution < -0.4 is 5.73 Å². The van der Waals surface area contributed by atoms with Crippen LogP contribution in [0.25, 0.3) is 0 Å². The molecule has 15 heavy (non-hydrogen) atoms. The summed E-state index contributed by atoms with van der Waals surface area (Å²) >= 11 is 1.64. The van der Waals surface area contributed by atoms with Crippen LogP contribution >= 0.6 is 11.8 Å². The quantitative estimate of drug-likeness (QED) is 0.771. The first kappa shape index (κ1) is 12.6. The normalized spacial score (nSPS) is 15.0. The van der Waals surface area contributed by atoms with E-state index in [0.29, 0.717) is 12.3 Å². The summed E-state index contributed by atoms with van der Waals surface area (Å²) in [4.78, 5) is 1.19. The van der Waals surface area contributed by atoms with Crippen molar-refractivity contribution in [1.82, 2.24) is 0 Å². The molecule has 0 amide bonds. The molecule has 0 heterocycles. The molecule has 0 aromatic heterocycles. The molecule has 0 bridgehead atoms. The molecule has 0 aliphatic carbocycles. The largest absolute Gasteiger partial charge is 0.388 e. The second-order valence-corrected chi connectivity index (χ2v) is 5.28. The molecule has 1 aromatic carbocycles. The van der Waals surface area contributed by atoms with E-state index < -0.39 is 5.60 Å². The Morgan fingerprint density at radius 1 is 1.33 bits per heavy atom. The van der Waals surface area contributed by atoms with Gasteiger partial charge < -0.3 is 10.8 Å². The lowest BCUT2D eigenvalue weighted by Crippen LogP contribution is -2.36. The SMILES string of the molecule is Cc1ccc(SCC(C)(O)CN)cc1C. The lowest BCUT2D eigenvalue weighted by atomic mass is 10.1. The Morgan fingerprint density at radius 2 is 2.00 bits per heavy atom. The van der Waals surface area contributed by atoms with E-state index in [9.17, 15) is 5.11 Å². The number of hydrogen-bond acceptors (Lipinski definition) is 3. The minimum atomic E-state index is -0.774. The molecule has 3 N–H and O–H groups in total. The van der Waals surface area contributed by atoms with Gasteiger partial charge in [-0.2, -0.15) is 0 Å². The first-order chi connectivity index (χ1) is 6.94. The fourth-order valence-corrected chi connectivity index (χ4v) is 2.12. The topological polar surface area (TPSA) is 46.2 Å². The van der Waals surface area contributed by atoms with Gasteiger partial charge in [-0.05, 0) is 44.0 Å². The van der Waals surface area contributed by atoms with Crippen molar-refractivity contribution in [2.75, 3.05) is 12.3 Å². The summed E-state index contributed by atoms with van der Waals surface area (Å²) in [5.74, 6) is 0.631. The number of hydrogen-bond donors (Lipinski definition) is 2. The Morgan fingerprint density at radius 3 is 2.53 bits per heavy atom. The Hall–Kier alpha value is -0.510. The summed E-state index contributed by atoms with van der Waals surface area (Å²) in [5.41, 5.74) is 7.27. The van der Waals surface area contributed by atoms with Crippen molar-refractivity contribution in [1.29, 1.82) is 0 Å². The van der Waals surface area contributed by atoms with Gasteiger partial charge in [-0.15, -0.1) is 11.8 Å². The summed E-state index contributed by atoms with van der Waals surface area (Å²) in [6.45, 7) is 6.26. The molecule has 3 heteroatoms. The Balaban J connectivity index is 2.62. The molecular formula is C12H19NOS. The molecular weight excluding hydrogens is 206 g/mol. The molecule has 1 aromatic rings. The smallest absolute Gasteiger partial charge is 0.0834 e. The fourth-order valence-electron chi connectivity index (χ4n) is 1.10. The minimum absolute atomic E-state index is 0.296. The van der Waals surface area contributed by atoms with Gasteiger partial charge in [0.2, 0.25) is 0 Å². The number of aryl methyl sites for hydroxylation is 2. The first-order valence-electron chi connectivity index (χ1n) is 5.07. The summed E-state index contributed by atoms with van der Waals surface area (Å²) in [5, 5.41) is 9.76. The maximum Gasteiger partial charge on any atom is 0.0834 e. The third kappa shape index (κ3) is 3.86. The summed E-state index contributed by atoms with van der Waals surface area (Å²) in [7, 11) is 0. The second kappa shape index (κ2) is 5.01. The van der Waals surface area contributed by atoms with Crippen molar-refractivity contribution in [3.05, 3.63) is 29.3 Å². The van der Waals surface area contributed by atoms with E-state index >= 15 is 0 Å². The van der Waals surface area contributed by atoms with Gasteiger partial charge in [-0.3, -0.25) is 0 Å². The van der Waals surface area contributed by atoms with Crippen LogP contribution in [0, 0.1) is 13.8 Å². The number of aliphatic hydroxyl groups is 1. The van der Waals surface area contributed by atoms with Crippen LogP contribution in [0.5, 0.6) is 0 Å². The zero-order valence-electron chi connectivity index (χ0n) is 9.58. The maximum absolute atomic E-state index is 9.76. The van der Waals surface area contributed by atoms with Crippen molar-refractivity contribution >= 4 is 11.8 Å². The van der Waals surface area contributed by atoms with Crippen LogP contribution in [-0.2, 0) is 0 Å². The molecule has 0 fully saturated rings. The van der Waals surface area contributed by atoms with E-state index in [-0.39, 0.29) is 0 Å². The zero-order valence-corrected chi connectivity index (χ0v) is 10.4. The molecule has 0 radical (unpaired) electrons. The van der Waals surface area contributed by atoms with E-state index in [2.05, 4.69) is 32.0 Å². The highest BCUT2D eigenvalue weighted by Crippen LogP contribution is 2.24. The van der Waals surface area contributed by atoms with Gasteiger partial charge in [-0.1, -0.05) is 6.07 Å². The van der Waals surface area contributed by atoms with Crippen molar-refractivity contribution in [2.45, 2.75) is 31.3 Å². The van der Waals surface area contributed by atoms with Crippen molar-refractivity contribution < 1.29 is 5.11 Å². The van der Waals surface area contributed by atoms with Crippen molar-refractivity contribution in [2.24, 2.45) is 5.73 Å². The monoisotopic (exact) mass is 225 g/mol. The van der Waals surface area contributed by atoms with Gasteiger partial charge in [-0.25, -0.2) is 0 Å². The Labute approximate surface area is 95.9 Å². The van der Waals surface area contributed by atoms with Gasteiger partial charge in [0.15, 0.2) is 0 Å². The summed E-state index contributed by atoms with van der Waals surface area (Å²) < 4.78 is 0. The molecule has 0 aliphatic heterocycles.